The largest absolute Gasteiger partial charge is 0.448 e. The average molecular weight is 220 g/mol. The van der Waals surface area contributed by atoms with Gasteiger partial charge in [-0.05, 0) is 18.2 Å². The second-order valence-corrected chi connectivity index (χ2v) is 3.78. The van der Waals surface area contributed by atoms with Crippen molar-refractivity contribution in [1.29, 1.82) is 0 Å². The van der Waals surface area contributed by atoms with Crippen LogP contribution in [-0.2, 0) is 4.74 Å². The Hall–Kier alpha value is -1.65. The zero-order valence-corrected chi connectivity index (χ0v) is 8.74. The van der Waals surface area contributed by atoms with E-state index in [1.807, 2.05) is 6.07 Å². The number of aliphatic hydroxyl groups excluding tert-OH is 1. The van der Waals surface area contributed by atoms with E-state index in [9.17, 15) is 9.90 Å². The summed E-state index contributed by atoms with van der Waals surface area (Å²) in [5, 5.41) is 9.41. The Morgan fingerprint density at radius 3 is 2.50 bits per heavy atom. The van der Waals surface area contributed by atoms with Crippen LogP contribution < -0.4 is 5.73 Å². The van der Waals surface area contributed by atoms with Crippen molar-refractivity contribution < 1.29 is 20.4 Å². The maximum atomic E-state index is 11.7. The monoisotopic (exact) mass is 220 g/mol. The molecule has 0 aromatic heterocycles. The van der Waals surface area contributed by atoms with Gasteiger partial charge in [0.15, 0.2) is 12.1 Å². The van der Waals surface area contributed by atoms with Crippen molar-refractivity contribution in [3.05, 3.63) is 48.0 Å². The van der Waals surface area contributed by atoms with Crippen LogP contribution >= 0.6 is 0 Å². The number of quaternary nitrogens is 1. The Morgan fingerprint density at radius 2 is 1.94 bits per heavy atom. The number of hydrogen-bond acceptors (Lipinski definition) is 3. The summed E-state index contributed by atoms with van der Waals surface area (Å²) in [6, 6.07) is 8.44. The fourth-order valence-corrected chi connectivity index (χ4v) is 1.60. The van der Waals surface area contributed by atoms with E-state index in [2.05, 4.69) is 5.73 Å². The molecule has 84 valence electrons. The quantitative estimate of drug-likeness (QED) is 0.533. The summed E-state index contributed by atoms with van der Waals surface area (Å²) in [5.74, 6) is -0.391. The van der Waals surface area contributed by atoms with Crippen LogP contribution in [0.2, 0.25) is 0 Å². The molecule has 0 radical (unpaired) electrons. The average Bonchev–Trinajstić information content (AvgIpc) is 2.62. The van der Waals surface area contributed by atoms with Gasteiger partial charge in [0.05, 0.1) is 5.56 Å². The number of hydrogen-bond donors (Lipinski definition) is 2. The standard InChI is InChI=1S/C12H13NO3/c13-11-9(14)6-7-10(11)16-12(15)8-4-2-1-3-5-8/h1-7,9-11,14H,13H2/p+1/t9-,10+,11+/m1/s1. The van der Waals surface area contributed by atoms with Gasteiger partial charge in [0, 0.05) is 0 Å². The molecule has 2 rings (SSSR count). The summed E-state index contributed by atoms with van der Waals surface area (Å²) >= 11 is 0. The first-order valence-electron chi connectivity index (χ1n) is 5.14. The number of carbonyl (C=O) groups is 1. The molecule has 0 spiro atoms. The Morgan fingerprint density at radius 1 is 1.25 bits per heavy atom. The van der Waals surface area contributed by atoms with Gasteiger partial charge in [0.1, 0.15) is 6.10 Å². The Balaban J connectivity index is 2.01. The highest BCUT2D eigenvalue weighted by Gasteiger charge is 2.33. The minimum atomic E-state index is -0.631. The van der Waals surface area contributed by atoms with Crippen LogP contribution in [0.1, 0.15) is 10.4 Å². The second kappa shape index (κ2) is 4.47. The smallest absolute Gasteiger partial charge is 0.338 e. The van der Waals surface area contributed by atoms with Crippen LogP contribution in [0.25, 0.3) is 0 Å². The van der Waals surface area contributed by atoms with E-state index in [0.29, 0.717) is 5.56 Å². The van der Waals surface area contributed by atoms with Crippen molar-refractivity contribution in [3.8, 4) is 0 Å². The Bertz CT molecular complexity index is 402. The summed E-state index contributed by atoms with van der Waals surface area (Å²) in [4.78, 5) is 11.7. The molecule has 16 heavy (non-hydrogen) atoms. The SMILES string of the molecule is [NH3+][C@H]1[C@H](O)C=C[C@@H]1OC(=O)c1ccccc1. The third-order valence-electron chi connectivity index (χ3n) is 2.61. The van der Waals surface area contributed by atoms with Crippen molar-refractivity contribution in [2.24, 2.45) is 0 Å². The van der Waals surface area contributed by atoms with Crippen molar-refractivity contribution in [2.45, 2.75) is 18.2 Å². The highest BCUT2D eigenvalue weighted by Crippen LogP contribution is 2.14. The fourth-order valence-electron chi connectivity index (χ4n) is 1.60. The fraction of sp³-hybridized carbons (Fsp3) is 0.250. The van der Waals surface area contributed by atoms with Crippen molar-refractivity contribution in [2.75, 3.05) is 0 Å². The number of rotatable bonds is 2. The van der Waals surface area contributed by atoms with Gasteiger partial charge in [0.25, 0.3) is 0 Å². The number of ether oxygens (including phenoxy) is 1. The number of esters is 1. The summed E-state index contributed by atoms with van der Waals surface area (Å²) in [5.41, 5.74) is 4.26. The zero-order valence-electron chi connectivity index (χ0n) is 8.74. The minimum Gasteiger partial charge on any atom is -0.448 e. The van der Waals surface area contributed by atoms with E-state index in [-0.39, 0.29) is 6.04 Å². The van der Waals surface area contributed by atoms with Crippen LogP contribution in [0, 0.1) is 0 Å². The highest BCUT2D eigenvalue weighted by molar-refractivity contribution is 5.89. The topological polar surface area (TPSA) is 74.2 Å². The molecule has 0 bridgehead atoms. The Kier molecular flexibility index (Phi) is 3.03. The van der Waals surface area contributed by atoms with E-state index in [0.717, 1.165) is 0 Å². The van der Waals surface area contributed by atoms with E-state index in [1.54, 1.807) is 36.4 Å². The number of carbonyl (C=O) groups excluding carboxylic acids is 1. The lowest BCUT2D eigenvalue weighted by Crippen LogP contribution is -2.69. The molecular weight excluding hydrogens is 206 g/mol. The molecule has 4 N–H and O–H groups in total. The lowest BCUT2D eigenvalue weighted by atomic mass is 10.2. The molecule has 0 saturated carbocycles. The maximum Gasteiger partial charge on any atom is 0.338 e. The second-order valence-electron chi connectivity index (χ2n) is 3.78. The van der Waals surface area contributed by atoms with Gasteiger partial charge in [-0.15, -0.1) is 0 Å². The molecule has 1 aliphatic carbocycles. The first-order valence-corrected chi connectivity index (χ1v) is 5.14. The van der Waals surface area contributed by atoms with Crippen molar-refractivity contribution in [3.63, 3.8) is 0 Å². The molecule has 0 amide bonds. The molecule has 4 heteroatoms. The third kappa shape index (κ3) is 2.13. The van der Waals surface area contributed by atoms with E-state index in [1.165, 1.54) is 0 Å². The van der Waals surface area contributed by atoms with Crippen LogP contribution in [0.5, 0.6) is 0 Å². The molecule has 0 fully saturated rings. The van der Waals surface area contributed by atoms with Crippen LogP contribution in [0.4, 0.5) is 0 Å². The number of benzene rings is 1. The zero-order chi connectivity index (χ0) is 11.5. The molecular formula is C12H14NO3+. The van der Waals surface area contributed by atoms with Gasteiger partial charge < -0.3 is 15.6 Å². The molecule has 0 unspecified atom stereocenters. The summed E-state index contributed by atoms with van der Waals surface area (Å²) in [6.07, 6.45) is 2.19. The third-order valence-corrected chi connectivity index (χ3v) is 2.61. The van der Waals surface area contributed by atoms with Crippen LogP contribution in [0.3, 0.4) is 0 Å². The molecule has 0 saturated heterocycles. The van der Waals surface area contributed by atoms with Crippen LogP contribution in [-0.4, -0.2) is 29.3 Å². The Labute approximate surface area is 93.3 Å². The first-order chi connectivity index (χ1) is 7.68. The van der Waals surface area contributed by atoms with E-state index < -0.39 is 18.2 Å². The molecule has 1 aromatic carbocycles. The van der Waals surface area contributed by atoms with Crippen molar-refractivity contribution in [1.82, 2.24) is 0 Å². The molecule has 0 aliphatic heterocycles. The summed E-state index contributed by atoms with van der Waals surface area (Å²) < 4.78 is 5.23. The number of aliphatic hydroxyl groups is 1. The lowest BCUT2D eigenvalue weighted by Gasteiger charge is -2.15. The van der Waals surface area contributed by atoms with Crippen LogP contribution in [0.15, 0.2) is 42.5 Å². The lowest BCUT2D eigenvalue weighted by molar-refractivity contribution is -0.443. The minimum absolute atomic E-state index is 0.326. The summed E-state index contributed by atoms with van der Waals surface area (Å²) in [6.45, 7) is 0. The predicted molar refractivity (Wildman–Crippen MR) is 57.5 cm³/mol. The van der Waals surface area contributed by atoms with Crippen molar-refractivity contribution >= 4 is 5.97 Å². The molecule has 0 heterocycles. The van der Waals surface area contributed by atoms with Gasteiger partial charge in [-0.25, -0.2) is 4.79 Å². The first kappa shape index (κ1) is 10.9. The van der Waals surface area contributed by atoms with Gasteiger partial charge >= 0.3 is 5.97 Å². The highest BCUT2D eigenvalue weighted by atomic mass is 16.5. The molecule has 4 nitrogen and oxygen atoms in total. The molecule has 3 atom stereocenters. The summed E-state index contributed by atoms with van der Waals surface area (Å²) in [7, 11) is 0. The van der Waals surface area contributed by atoms with Gasteiger partial charge in [-0.1, -0.05) is 24.3 Å². The normalized spacial score (nSPS) is 28.0. The maximum absolute atomic E-state index is 11.7. The van der Waals surface area contributed by atoms with E-state index in [4.69, 9.17) is 4.74 Å². The molecule has 1 aromatic rings. The predicted octanol–water partition coefficient (Wildman–Crippen LogP) is -0.247. The van der Waals surface area contributed by atoms with E-state index >= 15 is 0 Å². The van der Waals surface area contributed by atoms with Gasteiger partial charge in [0.2, 0.25) is 0 Å². The van der Waals surface area contributed by atoms with Gasteiger partial charge in [-0.3, -0.25) is 0 Å². The molecule has 1 aliphatic rings. The van der Waals surface area contributed by atoms with Gasteiger partial charge in [-0.2, -0.15) is 0 Å².